The van der Waals surface area contributed by atoms with Gasteiger partial charge in [-0.3, -0.25) is 0 Å². The summed E-state index contributed by atoms with van der Waals surface area (Å²) in [6, 6.07) is 39.1. The van der Waals surface area contributed by atoms with Gasteiger partial charge >= 0.3 is 0 Å². The lowest BCUT2D eigenvalue weighted by Gasteiger charge is -2.48. The third kappa shape index (κ3) is 9.40. The number of aliphatic hydroxyl groups excluding tert-OH is 2. The molecule has 6 rings (SSSR count). The van der Waals surface area contributed by atoms with Crippen LogP contribution in [0.15, 0.2) is 121 Å². The summed E-state index contributed by atoms with van der Waals surface area (Å²) < 4.78 is 44.3. The molecule has 0 spiro atoms. The minimum Gasteiger partial charge on any atom is -0.385 e. The van der Waals surface area contributed by atoms with E-state index in [1.165, 1.54) is 0 Å². The molecular formula is C40H46O9. The molecule has 2 aliphatic rings. The Morgan fingerprint density at radius 1 is 0.449 bits per heavy atom. The number of ether oxygens (including phenoxy) is 7. The molecule has 2 N–H and O–H groups in total. The zero-order chi connectivity index (χ0) is 34.0. The van der Waals surface area contributed by atoms with Gasteiger partial charge in [0.1, 0.15) is 36.6 Å². The Labute approximate surface area is 288 Å². The number of aliphatic hydroxyl groups is 2. The molecule has 9 heteroatoms. The summed E-state index contributed by atoms with van der Waals surface area (Å²) >= 11 is 0. The van der Waals surface area contributed by atoms with Crippen molar-refractivity contribution in [1.82, 2.24) is 0 Å². The first kappa shape index (κ1) is 35.3. The topological polar surface area (TPSA) is 105 Å². The van der Waals surface area contributed by atoms with Gasteiger partial charge in [0, 0.05) is 0 Å². The van der Waals surface area contributed by atoms with Crippen LogP contribution in [0.1, 0.15) is 36.1 Å². The predicted molar refractivity (Wildman–Crippen MR) is 182 cm³/mol. The summed E-state index contributed by atoms with van der Waals surface area (Å²) in [5.41, 5.74) is 3.87. The summed E-state index contributed by atoms with van der Waals surface area (Å²) in [6.07, 6.45) is -8.77. The number of hydrogen-bond acceptors (Lipinski definition) is 9. The molecule has 2 fully saturated rings. The molecule has 49 heavy (non-hydrogen) atoms. The van der Waals surface area contributed by atoms with E-state index in [4.69, 9.17) is 33.2 Å². The minimum atomic E-state index is -1.38. The van der Waals surface area contributed by atoms with Gasteiger partial charge in [-0.05, 0) is 36.1 Å². The second kappa shape index (κ2) is 17.4. The molecule has 0 aliphatic carbocycles. The molecule has 9 nitrogen and oxygen atoms in total. The normalized spacial score (nSPS) is 30.2. The second-order valence-corrected chi connectivity index (χ2v) is 12.6. The highest BCUT2D eigenvalue weighted by molar-refractivity contribution is 5.16. The quantitative estimate of drug-likeness (QED) is 0.179. The summed E-state index contributed by atoms with van der Waals surface area (Å²) in [6.45, 7) is 4.82. The Morgan fingerprint density at radius 3 is 1.22 bits per heavy atom. The van der Waals surface area contributed by atoms with E-state index in [1.54, 1.807) is 0 Å². The highest BCUT2D eigenvalue weighted by Gasteiger charge is 2.51. The zero-order valence-corrected chi connectivity index (χ0v) is 27.9. The van der Waals surface area contributed by atoms with Crippen LogP contribution in [0, 0.1) is 0 Å². The third-order valence-electron chi connectivity index (χ3n) is 8.93. The van der Waals surface area contributed by atoms with Crippen molar-refractivity contribution < 1.29 is 43.4 Å². The largest absolute Gasteiger partial charge is 0.385 e. The van der Waals surface area contributed by atoms with Gasteiger partial charge in [-0.1, -0.05) is 121 Å². The van der Waals surface area contributed by atoms with Crippen LogP contribution in [0.4, 0.5) is 0 Å². The first-order chi connectivity index (χ1) is 24.0. The van der Waals surface area contributed by atoms with Crippen molar-refractivity contribution in [3.63, 3.8) is 0 Å². The Hall–Kier alpha value is -3.48. The molecule has 2 saturated heterocycles. The van der Waals surface area contributed by atoms with E-state index < -0.39 is 61.4 Å². The molecule has 4 aromatic rings. The van der Waals surface area contributed by atoms with Gasteiger partial charge in [-0.25, -0.2) is 0 Å². The summed E-state index contributed by atoms with van der Waals surface area (Å²) in [7, 11) is 0. The predicted octanol–water partition coefficient (Wildman–Crippen LogP) is 5.56. The third-order valence-corrected chi connectivity index (χ3v) is 8.93. The fourth-order valence-electron chi connectivity index (χ4n) is 6.30. The van der Waals surface area contributed by atoms with E-state index in [0.717, 1.165) is 22.3 Å². The average molecular weight is 671 g/mol. The number of hydrogen-bond donors (Lipinski definition) is 2. The van der Waals surface area contributed by atoms with Crippen LogP contribution in [0.25, 0.3) is 0 Å². The van der Waals surface area contributed by atoms with Crippen molar-refractivity contribution in [2.75, 3.05) is 0 Å². The SMILES string of the molecule is C[C@@H]1O[C@@H](O)[C@H](O[C@@H]2O[C@@H](C)[C@H](OCc3ccccc3)[C@@H](OCc3ccccc3)[C@H]2O)[C@H](OCc2ccccc2)[C@H]1OCc1ccccc1. The summed E-state index contributed by atoms with van der Waals surface area (Å²) in [5.74, 6) is 0. The molecule has 10 atom stereocenters. The van der Waals surface area contributed by atoms with Crippen molar-refractivity contribution >= 4 is 0 Å². The van der Waals surface area contributed by atoms with E-state index in [-0.39, 0.29) is 13.2 Å². The van der Waals surface area contributed by atoms with Crippen LogP contribution in [-0.4, -0.2) is 71.6 Å². The minimum absolute atomic E-state index is 0.248. The maximum atomic E-state index is 11.8. The van der Waals surface area contributed by atoms with Gasteiger partial charge in [0.15, 0.2) is 12.6 Å². The highest BCUT2D eigenvalue weighted by Crippen LogP contribution is 2.34. The second-order valence-electron chi connectivity index (χ2n) is 12.6. The molecule has 260 valence electrons. The molecule has 2 aliphatic heterocycles. The molecule has 0 radical (unpaired) electrons. The Bertz CT molecular complexity index is 1510. The van der Waals surface area contributed by atoms with E-state index in [9.17, 15) is 10.2 Å². The molecule has 0 bridgehead atoms. The van der Waals surface area contributed by atoms with Gasteiger partial charge < -0.3 is 43.4 Å². The van der Waals surface area contributed by atoms with Gasteiger partial charge in [0.2, 0.25) is 0 Å². The van der Waals surface area contributed by atoms with Crippen molar-refractivity contribution in [3.8, 4) is 0 Å². The van der Waals surface area contributed by atoms with Crippen LogP contribution in [0.2, 0.25) is 0 Å². The molecule has 2 heterocycles. The monoisotopic (exact) mass is 670 g/mol. The van der Waals surface area contributed by atoms with Crippen LogP contribution in [0.5, 0.6) is 0 Å². The van der Waals surface area contributed by atoms with Crippen molar-refractivity contribution in [2.45, 2.75) is 102 Å². The first-order valence-corrected chi connectivity index (χ1v) is 16.9. The molecule has 4 aromatic carbocycles. The number of rotatable bonds is 14. The van der Waals surface area contributed by atoms with Gasteiger partial charge in [-0.15, -0.1) is 0 Å². The maximum Gasteiger partial charge on any atom is 0.187 e. The first-order valence-electron chi connectivity index (χ1n) is 16.9. The van der Waals surface area contributed by atoms with Gasteiger partial charge in [-0.2, -0.15) is 0 Å². The van der Waals surface area contributed by atoms with Crippen molar-refractivity contribution in [3.05, 3.63) is 144 Å². The van der Waals surface area contributed by atoms with Crippen LogP contribution in [-0.2, 0) is 59.6 Å². The van der Waals surface area contributed by atoms with E-state index in [0.29, 0.717) is 13.2 Å². The standard InChI is InChI=1S/C40H46O9/c1-27-35(44-24-30-17-9-4-10-18-30)37(46-26-32-21-13-6-14-22-32)38(39(42)47-27)49-40-33(41)36(45-25-31-19-11-5-12-20-31)34(28(2)48-40)43-23-29-15-7-3-8-16-29/h3-22,27-28,33-42H,23-26H2,1-2H3/t27-,28-,33+,34-,35-,36-,37+,38+,39+,40-/m0/s1. The molecule has 0 aromatic heterocycles. The summed E-state index contributed by atoms with van der Waals surface area (Å²) in [5, 5.41) is 23.1. The molecule has 0 unspecified atom stereocenters. The Kier molecular flexibility index (Phi) is 12.6. The molecule has 0 saturated carbocycles. The smallest absolute Gasteiger partial charge is 0.187 e. The van der Waals surface area contributed by atoms with Crippen molar-refractivity contribution in [2.24, 2.45) is 0 Å². The van der Waals surface area contributed by atoms with Gasteiger partial charge in [0.05, 0.1) is 38.6 Å². The fourth-order valence-corrected chi connectivity index (χ4v) is 6.30. The van der Waals surface area contributed by atoms with Crippen LogP contribution >= 0.6 is 0 Å². The van der Waals surface area contributed by atoms with Crippen LogP contribution < -0.4 is 0 Å². The highest BCUT2D eigenvalue weighted by atomic mass is 16.7. The Morgan fingerprint density at radius 2 is 0.796 bits per heavy atom. The lowest BCUT2D eigenvalue weighted by Crippen LogP contribution is -2.64. The fraction of sp³-hybridized carbons (Fsp3) is 0.400. The van der Waals surface area contributed by atoms with E-state index in [2.05, 4.69) is 0 Å². The zero-order valence-electron chi connectivity index (χ0n) is 27.9. The van der Waals surface area contributed by atoms with E-state index in [1.807, 2.05) is 135 Å². The van der Waals surface area contributed by atoms with Gasteiger partial charge in [0.25, 0.3) is 0 Å². The summed E-state index contributed by atoms with van der Waals surface area (Å²) in [4.78, 5) is 0. The maximum absolute atomic E-state index is 11.8. The van der Waals surface area contributed by atoms with Crippen molar-refractivity contribution in [1.29, 1.82) is 0 Å². The average Bonchev–Trinajstić information content (AvgIpc) is 3.13. The lowest BCUT2D eigenvalue weighted by atomic mass is 9.97. The molecular weight excluding hydrogens is 624 g/mol. The number of benzene rings is 4. The van der Waals surface area contributed by atoms with Crippen LogP contribution in [0.3, 0.4) is 0 Å². The Balaban J connectivity index is 1.22. The molecule has 0 amide bonds. The lowest BCUT2D eigenvalue weighted by molar-refractivity contribution is -0.368. The van der Waals surface area contributed by atoms with E-state index >= 15 is 0 Å².